The molecule has 0 radical (unpaired) electrons. The van der Waals surface area contributed by atoms with E-state index in [1.54, 1.807) is 11.3 Å². The number of guanidine groups is 1. The highest BCUT2D eigenvalue weighted by atomic mass is 32.1. The number of hydrogen-bond donors (Lipinski definition) is 2. The Morgan fingerprint density at radius 3 is 2.59 bits per heavy atom. The van der Waals surface area contributed by atoms with E-state index in [0.29, 0.717) is 0 Å². The van der Waals surface area contributed by atoms with Gasteiger partial charge >= 0.3 is 0 Å². The number of aryl methyl sites for hydroxylation is 1. The van der Waals surface area contributed by atoms with E-state index in [0.717, 1.165) is 36.4 Å². The van der Waals surface area contributed by atoms with Crippen molar-refractivity contribution in [3.8, 4) is 0 Å². The lowest BCUT2D eigenvalue weighted by Crippen LogP contribution is -2.37. The molecule has 0 bridgehead atoms. The Kier molecular flexibility index (Phi) is 7.10. The lowest BCUT2D eigenvalue weighted by atomic mass is 9.99. The van der Waals surface area contributed by atoms with Crippen molar-refractivity contribution in [2.24, 2.45) is 10.9 Å². The van der Waals surface area contributed by atoms with Gasteiger partial charge in [-0.25, -0.2) is 4.98 Å². The van der Waals surface area contributed by atoms with Gasteiger partial charge in [-0.15, -0.1) is 11.3 Å². The van der Waals surface area contributed by atoms with Crippen molar-refractivity contribution in [3.63, 3.8) is 0 Å². The first-order chi connectivity index (χ1) is 13.1. The SMILES string of the molecule is CN=C(NCCc1ncc(C)s1)NCc1ccc(N2CCC(C)CC2)cc1. The minimum atomic E-state index is 0.771. The molecule has 146 valence electrons. The summed E-state index contributed by atoms with van der Waals surface area (Å²) in [6.07, 6.45) is 5.45. The highest BCUT2D eigenvalue weighted by molar-refractivity contribution is 7.11. The molecule has 1 fully saturated rings. The first kappa shape index (κ1) is 19.7. The molecule has 1 aromatic heterocycles. The average molecular weight is 386 g/mol. The van der Waals surface area contributed by atoms with Crippen LogP contribution < -0.4 is 15.5 Å². The summed E-state index contributed by atoms with van der Waals surface area (Å²) in [5.74, 6) is 1.70. The maximum absolute atomic E-state index is 4.40. The molecular formula is C21H31N5S. The highest BCUT2D eigenvalue weighted by Crippen LogP contribution is 2.23. The van der Waals surface area contributed by atoms with Crippen LogP contribution >= 0.6 is 11.3 Å². The van der Waals surface area contributed by atoms with Gasteiger partial charge < -0.3 is 15.5 Å². The first-order valence-electron chi connectivity index (χ1n) is 9.84. The summed E-state index contributed by atoms with van der Waals surface area (Å²) < 4.78 is 0. The van der Waals surface area contributed by atoms with Crippen LogP contribution in [0, 0.1) is 12.8 Å². The molecule has 6 heteroatoms. The molecule has 0 unspecified atom stereocenters. The van der Waals surface area contributed by atoms with E-state index in [9.17, 15) is 0 Å². The topological polar surface area (TPSA) is 52.6 Å². The summed E-state index contributed by atoms with van der Waals surface area (Å²) in [5, 5.41) is 7.92. The van der Waals surface area contributed by atoms with Gasteiger partial charge in [-0.3, -0.25) is 4.99 Å². The smallest absolute Gasteiger partial charge is 0.191 e. The Labute approximate surface area is 166 Å². The quantitative estimate of drug-likeness (QED) is 0.589. The summed E-state index contributed by atoms with van der Waals surface area (Å²) in [6.45, 7) is 8.39. The van der Waals surface area contributed by atoms with Crippen molar-refractivity contribution in [3.05, 3.63) is 45.9 Å². The molecule has 27 heavy (non-hydrogen) atoms. The van der Waals surface area contributed by atoms with Crippen molar-refractivity contribution < 1.29 is 0 Å². The van der Waals surface area contributed by atoms with Crippen LogP contribution in [-0.4, -0.2) is 37.6 Å². The lowest BCUT2D eigenvalue weighted by molar-refractivity contribution is 0.438. The number of nitrogens with one attached hydrogen (secondary N) is 2. The molecule has 1 aromatic carbocycles. The summed E-state index contributed by atoms with van der Waals surface area (Å²) in [5.41, 5.74) is 2.61. The van der Waals surface area contributed by atoms with E-state index in [4.69, 9.17) is 0 Å². The van der Waals surface area contributed by atoms with Crippen LogP contribution in [0.15, 0.2) is 35.5 Å². The molecule has 2 aromatic rings. The molecule has 0 spiro atoms. The number of anilines is 1. The lowest BCUT2D eigenvalue weighted by Gasteiger charge is -2.32. The van der Waals surface area contributed by atoms with Crippen molar-refractivity contribution in [2.75, 3.05) is 31.6 Å². The van der Waals surface area contributed by atoms with Crippen LogP contribution in [0.25, 0.3) is 0 Å². The van der Waals surface area contributed by atoms with Gasteiger partial charge in [0.1, 0.15) is 0 Å². The number of piperidine rings is 1. The second kappa shape index (κ2) is 9.74. The number of hydrogen-bond acceptors (Lipinski definition) is 4. The van der Waals surface area contributed by atoms with Crippen molar-refractivity contribution in [2.45, 2.75) is 39.7 Å². The molecule has 0 amide bonds. The van der Waals surface area contributed by atoms with Crippen LogP contribution in [0.2, 0.25) is 0 Å². The fourth-order valence-corrected chi connectivity index (χ4v) is 4.09. The fraction of sp³-hybridized carbons (Fsp3) is 0.524. The van der Waals surface area contributed by atoms with Gasteiger partial charge in [0.2, 0.25) is 0 Å². The molecule has 1 aliphatic rings. The molecule has 1 aliphatic heterocycles. The summed E-state index contributed by atoms with van der Waals surface area (Å²) in [4.78, 5) is 12.5. The number of rotatable bonds is 6. The standard InChI is InChI=1S/C21H31N5S/c1-16-9-12-26(13-10-16)19-6-4-18(5-7-19)15-25-21(22-3)23-11-8-20-24-14-17(2)27-20/h4-7,14,16H,8-13,15H2,1-3H3,(H2,22,23,25). The van der Waals surface area contributed by atoms with Gasteiger partial charge in [0.05, 0.1) is 5.01 Å². The van der Waals surface area contributed by atoms with Gasteiger partial charge in [-0.05, 0) is 43.4 Å². The van der Waals surface area contributed by atoms with E-state index in [2.05, 4.69) is 63.6 Å². The minimum absolute atomic E-state index is 0.771. The monoisotopic (exact) mass is 385 g/mol. The third-order valence-corrected chi connectivity index (χ3v) is 6.04. The van der Waals surface area contributed by atoms with Crippen LogP contribution in [0.1, 0.15) is 35.2 Å². The van der Waals surface area contributed by atoms with E-state index in [-0.39, 0.29) is 0 Å². The summed E-state index contributed by atoms with van der Waals surface area (Å²) in [7, 11) is 1.81. The number of benzene rings is 1. The maximum Gasteiger partial charge on any atom is 0.191 e. The third-order valence-electron chi connectivity index (χ3n) is 5.07. The maximum atomic E-state index is 4.40. The van der Waals surface area contributed by atoms with E-state index < -0.39 is 0 Å². The van der Waals surface area contributed by atoms with Gasteiger partial charge in [-0.1, -0.05) is 19.1 Å². The van der Waals surface area contributed by atoms with Crippen molar-refractivity contribution >= 4 is 23.0 Å². The second-order valence-electron chi connectivity index (χ2n) is 7.30. The number of aliphatic imine (C=N–C) groups is 1. The van der Waals surface area contributed by atoms with E-state index >= 15 is 0 Å². The largest absolute Gasteiger partial charge is 0.372 e. The number of aromatic nitrogens is 1. The van der Waals surface area contributed by atoms with Gasteiger partial charge in [-0.2, -0.15) is 0 Å². The van der Waals surface area contributed by atoms with Gasteiger partial charge in [0, 0.05) is 56.4 Å². The normalized spacial score (nSPS) is 15.8. The Bertz CT molecular complexity index is 729. The molecule has 3 rings (SSSR count). The Morgan fingerprint density at radius 2 is 1.96 bits per heavy atom. The van der Waals surface area contributed by atoms with Crippen LogP contribution in [0.4, 0.5) is 5.69 Å². The zero-order chi connectivity index (χ0) is 19.1. The molecule has 0 aliphatic carbocycles. The minimum Gasteiger partial charge on any atom is -0.372 e. The number of nitrogens with zero attached hydrogens (tertiary/aromatic N) is 3. The second-order valence-corrected chi connectivity index (χ2v) is 8.62. The molecular weight excluding hydrogens is 354 g/mol. The Hall–Kier alpha value is -2.08. The molecule has 2 N–H and O–H groups in total. The van der Waals surface area contributed by atoms with E-state index in [1.165, 1.54) is 42.1 Å². The average Bonchev–Trinajstić information content (AvgIpc) is 3.11. The van der Waals surface area contributed by atoms with Gasteiger partial charge in [0.15, 0.2) is 5.96 Å². The highest BCUT2D eigenvalue weighted by Gasteiger charge is 2.15. The van der Waals surface area contributed by atoms with Crippen LogP contribution in [0.3, 0.4) is 0 Å². The molecule has 1 saturated heterocycles. The molecule has 0 atom stereocenters. The third kappa shape index (κ3) is 5.96. The number of thiazole rings is 1. The predicted octanol–water partition coefficient (Wildman–Crippen LogP) is 3.60. The van der Waals surface area contributed by atoms with Crippen LogP contribution in [0.5, 0.6) is 0 Å². The molecule has 2 heterocycles. The Balaban J connectivity index is 1.42. The van der Waals surface area contributed by atoms with Gasteiger partial charge in [0.25, 0.3) is 0 Å². The molecule has 5 nitrogen and oxygen atoms in total. The first-order valence-corrected chi connectivity index (χ1v) is 10.7. The zero-order valence-corrected chi connectivity index (χ0v) is 17.5. The van der Waals surface area contributed by atoms with Crippen molar-refractivity contribution in [1.29, 1.82) is 0 Å². The molecule has 0 saturated carbocycles. The summed E-state index contributed by atoms with van der Waals surface area (Å²) in [6, 6.07) is 8.92. The van der Waals surface area contributed by atoms with Crippen molar-refractivity contribution in [1.82, 2.24) is 15.6 Å². The fourth-order valence-electron chi connectivity index (χ4n) is 3.30. The van der Waals surface area contributed by atoms with Crippen LogP contribution in [-0.2, 0) is 13.0 Å². The summed E-state index contributed by atoms with van der Waals surface area (Å²) >= 11 is 1.75. The Morgan fingerprint density at radius 1 is 1.22 bits per heavy atom. The van der Waals surface area contributed by atoms with E-state index in [1.807, 2.05) is 13.2 Å². The predicted molar refractivity (Wildman–Crippen MR) is 116 cm³/mol. The zero-order valence-electron chi connectivity index (χ0n) is 16.7.